The van der Waals surface area contributed by atoms with Gasteiger partial charge >= 0.3 is 5.69 Å². The summed E-state index contributed by atoms with van der Waals surface area (Å²) in [5.74, 6) is -0.427. The number of hydrogen-bond acceptors (Lipinski definition) is 4. The number of nitrogens with zero attached hydrogens (tertiary/aromatic N) is 2. The molecule has 0 fully saturated rings. The van der Waals surface area contributed by atoms with Crippen LogP contribution in [0.5, 0.6) is 0 Å². The van der Waals surface area contributed by atoms with Crippen LogP contribution in [-0.4, -0.2) is 15.0 Å². The normalized spacial score (nSPS) is 11.2. The number of hydrogen-bond donors (Lipinski definition) is 1. The van der Waals surface area contributed by atoms with Crippen LogP contribution >= 0.6 is 11.6 Å². The molecule has 8 heteroatoms. The summed E-state index contributed by atoms with van der Waals surface area (Å²) in [6, 6.07) is 23.4. The number of carbonyl (C=O) groups is 1. The summed E-state index contributed by atoms with van der Waals surface area (Å²) in [6.07, 6.45) is 0.483. The van der Waals surface area contributed by atoms with Crippen molar-refractivity contribution in [3.63, 3.8) is 0 Å². The highest BCUT2D eigenvalue weighted by atomic mass is 35.5. The van der Waals surface area contributed by atoms with Crippen molar-refractivity contribution in [1.29, 1.82) is 0 Å². The van der Waals surface area contributed by atoms with Gasteiger partial charge in [-0.2, -0.15) is 0 Å². The van der Waals surface area contributed by atoms with Gasteiger partial charge in [-0.15, -0.1) is 0 Å². The molecule has 0 radical (unpaired) electrons. The van der Waals surface area contributed by atoms with Gasteiger partial charge in [-0.3, -0.25) is 18.7 Å². The number of halogens is 1. The zero-order chi connectivity index (χ0) is 23.7. The van der Waals surface area contributed by atoms with Crippen molar-refractivity contribution in [1.82, 2.24) is 9.13 Å². The minimum absolute atomic E-state index is 0.0458. The predicted octanol–water partition coefficient (Wildman–Crippen LogP) is 4.44. The number of amides is 1. The number of carbonyl (C=O) groups excluding carboxylic acids is 1. The lowest BCUT2D eigenvalue weighted by Gasteiger charge is -2.12. The minimum atomic E-state index is -0.568. The fourth-order valence-corrected chi connectivity index (χ4v) is 4.23. The molecule has 34 heavy (non-hydrogen) atoms. The molecule has 0 aliphatic carbocycles. The van der Waals surface area contributed by atoms with Crippen LogP contribution in [0.3, 0.4) is 0 Å². The van der Waals surface area contributed by atoms with Crippen LogP contribution in [0.4, 0.5) is 5.69 Å². The third kappa shape index (κ3) is 4.13. The first-order chi connectivity index (χ1) is 16.5. The van der Waals surface area contributed by atoms with Crippen LogP contribution in [0.2, 0.25) is 5.02 Å². The van der Waals surface area contributed by atoms with E-state index >= 15 is 0 Å². The molecule has 0 spiro atoms. The van der Waals surface area contributed by atoms with E-state index in [0.717, 1.165) is 10.1 Å². The van der Waals surface area contributed by atoms with Crippen LogP contribution in [-0.2, 0) is 24.3 Å². The highest BCUT2D eigenvalue weighted by Gasteiger charge is 2.21. The van der Waals surface area contributed by atoms with Crippen molar-refractivity contribution >= 4 is 45.3 Å². The number of fused-ring (bicyclic) bond motifs is 3. The van der Waals surface area contributed by atoms with Crippen molar-refractivity contribution in [2.75, 3.05) is 5.32 Å². The SMILES string of the molecule is O=C(Cn1c(=O)n(CCc2ccccc2)c(=O)c2oc3ccccc3c21)Nc1cccc(Cl)c1. The molecule has 1 N–H and O–H groups in total. The summed E-state index contributed by atoms with van der Waals surface area (Å²) in [6.45, 7) is -0.137. The van der Waals surface area contributed by atoms with Crippen molar-refractivity contribution in [2.24, 2.45) is 0 Å². The molecule has 0 aliphatic heterocycles. The van der Waals surface area contributed by atoms with Crippen molar-refractivity contribution in [2.45, 2.75) is 19.5 Å². The van der Waals surface area contributed by atoms with Gasteiger partial charge < -0.3 is 9.73 Å². The molecule has 0 bridgehead atoms. The fraction of sp³-hybridized carbons (Fsp3) is 0.115. The Morgan fingerprint density at radius 1 is 0.912 bits per heavy atom. The Balaban J connectivity index is 1.60. The van der Waals surface area contributed by atoms with Gasteiger partial charge in [-0.1, -0.05) is 60.1 Å². The molecule has 3 aromatic carbocycles. The third-order valence-corrected chi connectivity index (χ3v) is 5.85. The topological polar surface area (TPSA) is 86.2 Å². The van der Waals surface area contributed by atoms with E-state index in [-0.39, 0.29) is 18.7 Å². The first-order valence-corrected chi connectivity index (χ1v) is 11.1. The summed E-state index contributed by atoms with van der Waals surface area (Å²) >= 11 is 6.01. The van der Waals surface area contributed by atoms with Gasteiger partial charge in [0.25, 0.3) is 5.56 Å². The molecule has 2 heterocycles. The number of benzene rings is 3. The fourth-order valence-electron chi connectivity index (χ4n) is 4.04. The van der Waals surface area contributed by atoms with Crippen LogP contribution in [0.25, 0.3) is 22.1 Å². The maximum absolute atomic E-state index is 13.5. The molecule has 0 aliphatic rings. The molecule has 2 aromatic heterocycles. The van der Waals surface area contributed by atoms with Gasteiger partial charge in [0.2, 0.25) is 11.5 Å². The molecule has 1 amide bonds. The van der Waals surface area contributed by atoms with Crippen LogP contribution in [0.15, 0.2) is 92.9 Å². The molecule has 7 nitrogen and oxygen atoms in total. The third-order valence-electron chi connectivity index (χ3n) is 5.62. The van der Waals surface area contributed by atoms with E-state index in [1.807, 2.05) is 30.3 Å². The van der Waals surface area contributed by atoms with Crippen LogP contribution < -0.4 is 16.6 Å². The van der Waals surface area contributed by atoms with E-state index in [0.29, 0.717) is 33.6 Å². The van der Waals surface area contributed by atoms with Crippen molar-refractivity contribution in [3.8, 4) is 0 Å². The molecule has 5 aromatic rings. The smallest absolute Gasteiger partial charge is 0.332 e. The lowest BCUT2D eigenvalue weighted by molar-refractivity contribution is -0.116. The number of aryl methyl sites for hydroxylation is 1. The van der Waals surface area contributed by atoms with E-state index in [2.05, 4.69) is 5.32 Å². The van der Waals surface area contributed by atoms with Crippen LogP contribution in [0.1, 0.15) is 5.56 Å². The molecule has 0 saturated carbocycles. The minimum Gasteiger partial charge on any atom is -0.449 e. The Labute approximate surface area is 198 Å². The Kier molecular flexibility index (Phi) is 5.77. The molecule has 0 unspecified atom stereocenters. The summed E-state index contributed by atoms with van der Waals surface area (Å²) in [5.41, 5.74) is 1.24. The van der Waals surface area contributed by atoms with Gasteiger partial charge in [0.15, 0.2) is 0 Å². The van der Waals surface area contributed by atoms with Crippen molar-refractivity contribution in [3.05, 3.63) is 110 Å². The number of aromatic nitrogens is 2. The van der Waals surface area contributed by atoms with Crippen molar-refractivity contribution < 1.29 is 9.21 Å². The first kappa shape index (κ1) is 21.7. The quantitative estimate of drug-likeness (QED) is 0.395. The summed E-state index contributed by atoms with van der Waals surface area (Å²) < 4.78 is 8.27. The standard InChI is InChI=1S/C26H20ClN3O4/c27-18-9-6-10-19(15-18)28-22(31)16-30-23-20-11-4-5-12-21(20)34-24(23)25(32)29(26(30)33)14-13-17-7-2-1-3-8-17/h1-12,15H,13-14,16H2,(H,28,31). The number of furan rings is 1. The number of nitrogens with one attached hydrogen (secondary N) is 1. The maximum atomic E-state index is 13.5. The first-order valence-electron chi connectivity index (χ1n) is 10.8. The average molecular weight is 474 g/mol. The lowest BCUT2D eigenvalue weighted by atomic mass is 10.1. The second kappa shape index (κ2) is 9.03. The van der Waals surface area contributed by atoms with E-state index in [9.17, 15) is 14.4 Å². The highest BCUT2D eigenvalue weighted by Crippen LogP contribution is 2.25. The van der Waals surface area contributed by atoms with E-state index in [1.54, 1.807) is 48.5 Å². The molecule has 0 atom stereocenters. The molecular formula is C26H20ClN3O4. The predicted molar refractivity (Wildman–Crippen MR) is 132 cm³/mol. The second-order valence-corrected chi connectivity index (χ2v) is 8.33. The van der Waals surface area contributed by atoms with Gasteiger partial charge in [0, 0.05) is 22.6 Å². The van der Waals surface area contributed by atoms with E-state index in [1.165, 1.54) is 4.57 Å². The number of para-hydroxylation sites is 1. The zero-order valence-corrected chi connectivity index (χ0v) is 18.8. The number of rotatable bonds is 6. The van der Waals surface area contributed by atoms with Gasteiger partial charge in [-0.25, -0.2) is 4.79 Å². The summed E-state index contributed by atoms with van der Waals surface area (Å²) in [4.78, 5) is 39.6. The highest BCUT2D eigenvalue weighted by molar-refractivity contribution is 6.30. The second-order valence-electron chi connectivity index (χ2n) is 7.90. The lowest BCUT2D eigenvalue weighted by Crippen LogP contribution is -2.41. The van der Waals surface area contributed by atoms with Gasteiger partial charge in [0.05, 0.1) is 0 Å². The Morgan fingerprint density at radius 2 is 1.68 bits per heavy atom. The monoisotopic (exact) mass is 473 g/mol. The Morgan fingerprint density at radius 3 is 2.47 bits per heavy atom. The molecule has 0 saturated heterocycles. The molecule has 5 rings (SSSR count). The molecule has 170 valence electrons. The van der Waals surface area contributed by atoms with Crippen LogP contribution in [0, 0.1) is 0 Å². The van der Waals surface area contributed by atoms with E-state index in [4.69, 9.17) is 16.0 Å². The largest absolute Gasteiger partial charge is 0.449 e. The Hall–Kier alpha value is -4.10. The maximum Gasteiger partial charge on any atom is 0.332 e. The number of anilines is 1. The van der Waals surface area contributed by atoms with Gasteiger partial charge in [-0.05, 0) is 42.3 Å². The van der Waals surface area contributed by atoms with E-state index < -0.39 is 17.2 Å². The zero-order valence-electron chi connectivity index (χ0n) is 18.0. The summed E-state index contributed by atoms with van der Waals surface area (Å²) in [7, 11) is 0. The molecular weight excluding hydrogens is 454 g/mol. The average Bonchev–Trinajstić information content (AvgIpc) is 3.22. The summed E-state index contributed by atoms with van der Waals surface area (Å²) in [5, 5.41) is 3.83. The Bertz CT molecular complexity index is 1630. The van der Waals surface area contributed by atoms with Gasteiger partial charge in [0.1, 0.15) is 17.6 Å².